The molecule has 56 valence electrons. The van der Waals surface area contributed by atoms with E-state index in [0.717, 1.165) is 0 Å². The zero-order valence-electron chi connectivity index (χ0n) is 5.93. The molecule has 0 saturated carbocycles. The van der Waals surface area contributed by atoms with Crippen molar-refractivity contribution in [2.24, 2.45) is 0 Å². The molecule has 0 spiro atoms. The summed E-state index contributed by atoms with van der Waals surface area (Å²) >= 11 is 1.87. The van der Waals surface area contributed by atoms with E-state index in [2.05, 4.69) is 6.92 Å². The van der Waals surface area contributed by atoms with E-state index in [4.69, 9.17) is 0 Å². The molecule has 2 radical (unpaired) electrons. The molecule has 0 aliphatic carbocycles. The first-order valence-corrected chi connectivity index (χ1v) is 4.83. The second kappa shape index (κ2) is 16.1. The Morgan fingerprint density at radius 2 is 1.56 bits per heavy atom. The predicted molar refractivity (Wildman–Crippen MR) is 49.2 cm³/mol. The molecule has 3 heteroatoms. The fourth-order valence-corrected chi connectivity index (χ4v) is 1.18. The van der Waals surface area contributed by atoms with Crippen LogP contribution in [0.1, 0.15) is 32.6 Å². The van der Waals surface area contributed by atoms with Gasteiger partial charge < -0.3 is 0 Å². The van der Waals surface area contributed by atoms with Gasteiger partial charge in [-0.3, -0.25) is 0 Å². The minimum absolute atomic E-state index is 0. The van der Waals surface area contributed by atoms with Crippen LogP contribution in [0.2, 0.25) is 4.98 Å². The van der Waals surface area contributed by atoms with Crippen LogP contribution in [0.25, 0.3) is 0 Å². The standard InChI is InChI=1S/C6H13.2ClH.Ga/c1-3-5-6-4-2;;;/h1,3-6H2,2H3;2*1H;. The molecule has 0 amide bonds. The average Bonchev–Trinajstić information content (AvgIpc) is 1.69. The van der Waals surface area contributed by atoms with Gasteiger partial charge in [-0.05, 0) is 0 Å². The summed E-state index contributed by atoms with van der Waals surface area (Å²) in [6.45, 7) is 2.25. The van der Waals surface area contributed by atoms with Crippen LogP contribution in [0, 0.1) is 0 Å². The minimum Gasteiger partial charge on any atom is -0.147 e. The van der Waals surface area contributed by atoms with Crippen LogP contribution in [0.4, 0.5) is 0 Å². The van der Waals surface area contributed by atoms with E-state index >= 15 is 0 Å². The van der Waals surface area contributed by atoms with Crippen LogP contribution in [0.15, 0.2) is 0 Å². The number of unbranched alkanes of at least 4 members (excludes halogenated alkanes) is 3. The Balaban J connectivity index is -0.000000180. The molecule has 0 unspecified atom stereocenters. The van der Waals surface area contributed by atoms with Gasteiger partial charge in [-0.25, -0.2) is 0 Å². The van der Waals surface area contributed by atoms with Crippen LogP contribution in [-0.4, -0.2) is 18.6 Å². The maximum absolute atomic E-state index is 2.25. The van der Waals surface area contributed by atoms with Crippen LogP contribution in [-0.2, 0) is 0 Å². The SMILES string of the molecule is CCCCC[CH2][Ga].Cl.Cl. The molecule has 0 fully saturated rings. The van der Waals surface area contributed by atoms with Gasteiger partial charge in [0.05, 0.1) is 0 Å². The molecule has 0 bridgehead atoms. The zero-order chi connectivity index (χ0) is 5.54. The first kappa shape index (κ1) is 16.7. The fraction of sp³-hybridized carbons (Fsp3) is 1.00. The van der Waals surface area contributed by atoms with Crippen molar-refractivity contribution >= 4 is 43.4 Å². The molecule has 0 aromatic rings. The summed E-state index contributed by atoms with van der Waals surface area (Å²) in [5.74, 6) is 0. The summed E-state index contributed by atoms with van der Waals surface area (Å²) in [6.07, 6.45) is 5.71. The van der Waals surface area contributed by atoms with E-state index in [-0.39, 0.29) is 24.8 Å². The second-order valence-corrected chi connectivity index (χ2v) is 3.06. The fourth-order valence-electron chi connectivity index (χ4n) is 0.571. The third kappa shape index (κ3) is 17.6. The molecule has 0 rings (SSSR count). The third-order valence-corrected chi connectivity index (χ3v) is 1.91. The van der Waals surface area contributed by atoms with Crippen LogP contribution >= 0.6 is 24.8 Å². The Labute approximate surface area is 80.9 Å². The summed E-state index contributed by atoms with van der Waals surface area (Å²) in [6, 6.07) is 0. The number of rotatable bonds is 4. The van der Waals surface area contributed by atoms with Gasteiger partial charge in [0.2, 0.25) is 0 Å². The zero-order valence-corrected chi connectivity index (χ0v) is 9.99. The van der Waals surface area contributed by atoms with Crippen LogP contribution in [0.5, 0.6) is 0 Å². The van der Waals surface area contributed by atoms with Crippen molar-refractivity contribution in [1.82, 2.24) is 0 Å². The third-order valence-electron chi connectivity index (χ3n) is 1.06. The number of hydrogen-bond acceptors (Lipinski definition) is 0. The molecule has 0 heterocycles. The topological polar surface area (TPSA) is 0 Å². The molecule has 0 aliphatic heterocycles. The van der Waals surface area contributed by atoms with Gasteiger partial charge in [0.1, 0.15) is 0 Å². The first-order valence-electron chi connectivity index (χ1n) is 3.12. The molecule has 0 N–H and O–H groups in total. The molecule has 0 aromatic heterocycles. The molecule has 0 nitrogen and oxygen atoms in total. The van der Waals surface area contributed by atoms with Crippen molar-refractivity contribution in [2.75, 3.05) is 0 Å². The predicted octanol–water partition coefficient (Wildman–Crippen LogP) is 3.00. The van der Waals surface area contributed by atoms with Gasteiger partial charge in [-0.2, -0.15) is 0 Å². The van der Waals surface area contributed by atoms with E-state index in [1.54, 1.807) is 0 Å². The summed E-state index contributed by atoms with van der Waals surface area (Å²) in [5.41, 5.74) is 0. The van der Waals surface area contributed by atoms with Crippen molar-refractivity contribution in [3.8, 4) is 0 Å². The van der Waals surface area contributed by atoms with E-state index in [0.29, 0.717) is 0 Å². The normalized spacial score (nSPS) is 7.22. The largest absolute Gasteiger partial charge is 0.147 e. The van der Waals surface area contributed by atoms with Crippen molar-refractivity contribution < 1.29 is 0 Å². The van der Waals surface area contributed by atoms with Crippen molar-refractivity contribution in [1.29, 1.82) is 0 Å². The summed E-state index contributed by atoms with van der Waals surface area (Å²) in [5, 5.41) is 0. The molecule has 9 heavy (non-hydrogen) atoms. The van der Waals surface area contributed by atoms with E-state index < -0.39 is 0 Å². The summed E-state index contributed by atoms with van der Waals surface area (Å²) < 4.78 is 0. The Bertz CT molecular complexity index is 30.2. The van der Waals surface area contributed by atoms with E-state index in [9.17, 15) is 0 Å². The molecular formula is C6H15Cl2Ga. The van der Waals surface area contributed by atoms with Gasteiger partial charge in [-0.1, -0.05) is 0 Å². The van der Waals surface area contributed by atoms with E-state index in [1.165, 1.54) is 30.7 Å². The molecule has 0 saturated heterocycles. The van der Waals surface area contributed by atoms with Gasteiger partial charge in [0, 0.05) is 0 Å². The molecule has 0 aliphatic rings. The monoisotopic (exact) mass is 226 g/mol. The van der Waals surface area contributed by atoms with Crippen molar-refractivity contribution in [3.05, 3.63) is 0 Å². The number of halogens is 2. The Morgan fingerprint density at radius 1 is 1.00 bits per heavy atom. The second-order valence-electron chi connectivity index (χ2n) is 1.85. The van der Waals surface area contributed by atoms with Crippen molar-refractivity contribution in [2.45, 2.75) is 37.6 Å². The van der Waals surface area contributed by atoms with E-state index in [1.807, 2.05) is 18.6 Å². The minimum atomic E-state index is 0. The maximum Gasteiger partial charge on any atom is -0.147 e. The number of hydrogen-bond donors (Lipinski definition) is 0. The summed E-state index contributed by atoms with van der Waals surface area (Å²) in [4.78, 5) is 1.42. The smallest absolute Gasteiger partial charge is 0.147 e. The molecule has 0 aromatic carbocycles. The van der Waals surface area contributed by atoms with Gasteiger partial charge in [-0.15, -0.1) is 24.8 Å². The van der Waals surface area contributed by atoms with Gasteiger partial charge in [0.15, 0.2) is 0 Å². The Hall–Kier alpha value is 1.22. The quantitative estimate of drug-likeness (QED) is 0.512. The maximum atomic E-state index is 2.25. The summed E-state index contributed by atoms with van der Waals surface area (Å²) in [7, 11) is 0. The van der Waals surface area contributed by atoms with Gasteiger partial charge >= 0.3 is 56.2 Å². The average molecular weight is 228 g/mol. The Kier molecular flexibility index (Phi) is 29.8. The van der Waals surface area contributed by atoms with Crippen molar-refractivity contribution in [3.63, 3.8) is 0 Å². The van der Waals surface area contributed by atoms with Crippen LogP contribution in [0.3, 0.4) is 0 Å². The Morgan fingerprint density at radius 3 is 1.89 bits per heavy atom. The van der Waals surface area contributed by atoms with Gasteiger partial charge in [0.25, 0.3) is 0 Å². The molecular weight excluding hydrogens is 213 g/mol. The molecule has 0 atom stereocenters. The van der Waals surface area contributed by atoms with Crippen LogP contribution < -0.4 is 0 Å². The first-order chi connectivity index (χ1) is 3.41.